The Morgan fingerprint density at radius 3 is 2.69 bits per heavy atom. The summed E-state index contributed by atoms with van der Waals surface area (Å²) in [7, 11) is 0. The number of nitrogens with zero attached hydrogens (tertiary/aromatic N) is 2. The van der Waals surface area contributed by atoms with Crippen LogP contribution in [0.25, 0.3) is 11.3 Å². The van der Waals surface area contributed by atoms with Gasteiger partial charge < -0.3 is 10.8 Å². The quantitative estimate of drug-likeness (QED) is 0.805. The molecule has 0 aromatic carbocycles. The molecule has 2 rings (SSSR count). The first-order valence-electron chi connectivity index (χ1n) is 5.04. The van der Waals surface area contributed by atoms with Gasteiger partial charge in [0.2, 0.25) is 0 Å². The summed E-state index contributed by atoms with van der Waals surface area (Å²) in [6.07, 6.45) is 5.16. The number of hydrogen-bond donors (Lipinski definition) is 2. The molecule has 4 heteroatoms. The Hall–Kier alpha value is -1.78. The van der Waals surface area contributed by atoms with E-state index in [1.807, 2.05) is 24.3 Å². The van der Waals surface area contributed by atoms with Crippen LogP contribution in [0, 0.1) is 0 Å². The summed E-state index contributed by atoms with van der Waals surface area (Å²) in [6, 6.07) is 7.19. The maximum atomic E-state index is 8.91. The number of nitrogens with two attached hydrogens (primary N) is 1. The van der Waals surface area contributed by atoms with Gasteiger partial charge in [-0.25, -0.2) is 0 Å². The van der Waals surface area contributed by atoms with Crippen molar-refractivity contribution in [2.45, 2.75) is 6.04 Å². The molecule has 0 saturated heterocycles. The SMILES string of the molecule is N[C@@H](CO)c1ccc(-c2cccnc2)nc1. The summed E-state index contributed by atoms with van der Waals surface area (Å²) in [6.45, 7) is -0.0755. The summed E-state index contributed by atoms with van der Waals surface area (Å²) in [5.41, 5.74) is 8.32. The number of rotatable bonds is 3. The smallest absolute Gasteiger partial charge is 0.0717 e. The van der Waals surface area contributed by atoms with E-state index in [-0.39, 0.29) is 12.6 Å². The van der Waals surface area contributed by atoms with Crippen molar-refractivity contribution in [1.29, 1.82) is 0 Å². The van der Waals surface area contributed by atoms with Crippen LogP contribution in [0.2, 0.25) is 0 Å². The highest BCUT2D eigenvalue weighted by Crippen LogP contribution is 2.17. The Bertz CT molecular complexity index is 442. The first-order chi connectivity index (χ1) is 7.81. The van der Waals surface area contributed by atoms with Crippen molar-refractivity contribution in [3.05, 3.63) is 48.4 Å². The predicted molar refractivity (Wildman–Crippen MR) is 61.5 cm³/mol. The molecule has 0 amide bonds. The number of pyridine rings is 2. The van der Waals surface area contributed by atoms with Gasteiger partial charge in [-0.1, -0.05) is 6.07 Å². The second kappa shape index (κ2) is 4.83. The van der Waals surface area contributed by atoms with Crippen molar-refractivity contribution in [2.75, 3.05) is 6.61 Å². The monoisotopic (exact) mass is 215 g/mol. The highest BCUT2D eigenvalue weighted by Gasteiger charge is 2.05. The maximum Gasteiger partial charge on any atom is 0.0717 e. The van der Waals surface area contributed by atoms with Crippen LogP contribution in [0.3, 0.4) is 0 Å². The minimum Gasteiger partial charge on any atom is -0.394 e. The molecule has 2 aromatic heterocycles. The molecule has 4 nitrogen and oxygen atoms in total. The first kappa shape index (κ1) is 10.7. The van der Waals surface area contributed by atoms with Gasteiger partial charge in [0.25, 0.3) is 0 Å². The average molecular weight is 215 g/mol. The first-order valence-corrected chi connectivity index (χ1v) is 5.04. The van der Waals surface area contributed by atoms with Crippen molar-refractivity contribution in [1.82, 2.24) is 9.97 Å². The largest absolute Gasteiger partial charge is 0.394 e. The molecule has 82 valence electrons. The third-order valence-electron chi connectivity index (χ3n) is 2.37. The molecule has 16 heavy (non-hydrogen) atoms. The lowest BCUT2D eigenvalue weighted by Crippen LogP contribution is -2.14. The van der Waals surface area contributed by atoms with Gasteiger partial charge in [-0.15, -0.1) is 0 Å². The van der Waals surface area contributed by atoms with E-state index in [0.717, 1.165) is 16.8 Å². The molecule has 0 fully saturated rings. The van der Waals surface area contributed by atoms with E-state index in [0.29, 0.717) is 0 Å². The fourth-order valence-corrected chi connectivity index (χ4v) is 1.42. The lowest BCUT2D eigenvalue weighted by atomic mass is 10.1. The Morgan fingerprint density at radius 2 is 2.12 bits per heavy atom. The van der Waals surface area contributed by atoms with Crippen molar-refractivity contribution in [3.8, 4) is 11.3 Å². The summed E-state index contributed by atoms with van der Waals surface area (Å²) in [5.74, 6) is 0. The molecule has 1 atom stereocenters. The summed E-state index contributed by atoms with van der Waals surface area (Å²) in [4.78, 5) is 8.32. The third-order valence-corrected chi connectivity index (χ3v) is 2.37. The molecular formula is C12H13N3O. The Balaban J connectivity index is 2.26. The van der Waals surface area contributed by atoms with Crippen LogP contribution in [-0.4, -0.2) is 21.7 Å². The van der Waals surface area contributed by atoms with Gasteiger partial charge in [0.15, 0.2) is 0 Å². The van der Waals surface area contributed by atoms with E-state index >= 15 is 0 Å². The number of aliphatic hydroxyl groups is 1. The molecular weight excluding hydrogens is 202 g/mol. The minimum atomic E-state index is -0.365. The van der Waals surface area contributed by atoms with Gasteiger partial charge in [0, 0.05) is 24.2 Å². The van der Waals surface area contributed by atoms with Gasteiger partial charge in [-0.05, 0) is 23.8 Å². The zero-order valence-corrected chi connectivity index (χ0v) is 8.74. The van der Waals surface area contributed by atoms with E-state index in [1.165, 1.54) is 0 Å². The summed E-state index contributed by atoms with van der Waals surface area (Å²) >= 11 is 0. The van der Waals surface area contributed by atoms with Gasteiger partial charge in [-0.3, -0.25) is 9.97 Å². The Morgan fingerprint density at radius 1 is 1.25 bits per heavy atom. The molecule has 0 aliphatic carbocycles. The molecule has 0 aliphatic heterocycles. The maximum absolute atomic E-state index is 8.91. The molecule has 0 spiro atoms. The van der Waals surface area contributed by atoms with Crippen molar-refractivity contribution >= 4 is 0 Å². The van der Waals surface area contributed by atoms with Crippen LogP contribution in [-0.2, 0) is 0 Å². The standard InChI is InChI=1S/C12H13N3O/c13-11(8-16)9-3-4-12(15-7-9)10-2-1-5-14-6-10/h1-7,11,16H,8,13H2/t11-/m0/s1. The van der Waals surface area contributed by atoms with E-state index in [2.05, 4.69) is 9.97 Å². The normalized spacial score (nSPS) is 12.4. The summed E-state index contributed by atoms with van der Waals surface area (Å²) < 4.78 is 0. The molecule has 0 unspecified atom stereocenters. The second-order valence-corrected chi connectivity index (χ2v) is 3.51. The van der Waals surface area contributed by atoms with Crippen molar-refractivity contribution < 1.29 is 5.11 Å². The predicted octanol–water partition coefficient (Wildman–Crippen LogP) is 1.14. The summed E-state index contributed by atoms with van der Waals surface area (Å²) in [5, 5.41) is 8.91. The van der Waals surface area contributed by atoms with Crippen LogP contribution < -0.4 is 5.73 Å². The van der Waals surface area contributed by atoms with Gasteiger partial charge in [-0.2, -0.15) is 0 Å². The van der Waals surface area contributed by atoms with E-state index in [4.69, 9.17) is 10.8 Å². The molecule has 2 heterocycles. The van der Waals surface area contributed by atoms with Crippen LogP contribution in [0.5, 0.6) is 0 Å². The molecule has 0 aliphatic rings. The minimum absolute atomic E-state index is 0.0755. The second-order valence-electron chi connectivity index (χ2n) is 3.51. The van der Waals surface area contributed by atoms with Gasteiger partial charge in [0.1, 0.15) is 0 Å². The molecule has 2 aromatic rings. The molecule has 0 bridgehead atoms. The topological polar surface area (TPSA) is 72.0 Å². The molecule has 3 N–H and O–H groups in total. The van der Waals surface area contributed by atoms with E-state index in [9.17, 15) is 0 Å². The fraction of sp³-hybridized carbons (Fsp3) is 0.167. The zero-order chi connectivity index (χ0) is 11.4. The third kappa shape index (κ3) is 2.24. The number of aromatic nitrogens is 2. The van der Waals surface area contributed by atoms with Crippen LogP contribution in [0.1, 0.15) is 11.6 Å². The highest BCUT2D eigenvalue weighted by molar-refractivity contribution is 5.57. The van der Waals surface area contributed by atoms with Crippen molar-refractivity contribution in [3.63, 3.8) is 0 Å². The van der Waals surface area contributed by atoms with E-state index < -0.39 is 0 Å². The highest BCUT2D eigenvalue weighted by atomic mass is 16.3. The Kier molecular flexibility index (Phi) is 3.24. The Labute approximate surface area is 93.8 Å². The molecule has 0 saturated carbocycles. The zero-order valence-electron chi connectivity index (χ0n) is 8.74. The lowest BCUT2D eigenvalue weighted by Gasteiger charge is -2.08. The molecule has 0 radical (unpaired) electrons. The number of aliphatic hydroxyl groups excluding tert-OH is 1. The van der Waals surface area contributed by atoms with Crippen LogP contribution >= 0.6 is 0 Å². The van der Waals surface area contributed by atoms with Crippen LogP contribution in [0.4, 0.5) is 0 Å². The lowest BCUT2D eigenvalue weighted by molar-refractivity contribution is 0.268. The number of hydrogen-bond acceptors (Lipinski definition) is 4. The fourth-order valence-electron chi connectivity index (χ4n) is 1.42. The van der Waals surface area contributed by atoms with Crippen LogP contribution in [0.15, 0.2) is 42.9 Å². The van der Waals surface area contributed by atoms with Crippen molar-refractivity contribution in [2.24, 2.45) is 5.73 Å². The van der Waals surface area contributed by atoms with E-state index in [1.54, 1.807) is 18.6 Å². The van der Waals surface area contributed by atoms with Gasteiger partial charge in [0.05, 0.1) is 18.3 Å². The van der Waals surface area contributed by atoms with Gasteiger partial charge >= 0.3 is 0 Å². The average Bonchev–Trinajstić information content (AvgIpc) is 2.39.